The maximum absolute atomic E-state index is 12.5. The first kappa shape index (κ1) is 19.1. The summed E-state index contributed by atoms with van der Waals surface area (Å²) in [6.07, 6.45) is 1.73. The maximum atomic E-state index is 12.5. The standard InChI is InChI=1S/C18H20N2O6S/c1-13-4-9-16(26-13)18(22)25-12-17(21)19-14-5-7-15(8-6-14)27(23,24)20-10-2-3-11-20/h4-9H,2-3,10-12H2,1H3,(H,19,21). The van der Waals surface area contributed by atoms with Crippen molar-refractivity contribution < 1.29 is 27.2 Å². The Hall–Kier alpha value is -2.65. The number of hydrogen-bond donors (Lipinski definition) is 1. The number of aryl methyl sites for hydroxylation is 1. The SMILES string of the molecule is Cc1ccc(C(=O)OCC(=O)Nc2ccc(S(=O)(=O)N3CCCC3)cc2)o1. The van der Waals surface area contributed by atoms with Crippen LogP contribution in [-0.4, -0.2) is 44.3 Å². The van der Waals surface area contributed by atoms with Gasteiger partial charge in [-0.1, -0.05) is 0 Å². The molecule has 1 aliphatic heterocycles. The van der Waals surface area contributed by atoms with Gasteiger partial charge in [-0.05, 0) is 56.2 Å². The van der Waals surface area contributed by atoms with Crippen molar-refractivity contribution in [3.63, 3.8) is 0 Å². The number of carbonyl (C=O) groups excluding carboxylic acids is 2. The van der Waals surface area contributed by atoms with E-state index < -0.39 is 28.5 Å². The summed E-state index contributed by atoms with van der Waals surface area (Å²) in [6.45, 7) is 2.27. The lowest BCUT2D eigenvalue weighted by Gasteiger charge is -2.15. The van der Waals surface area contributed by atoms with Gasteiger partial charge >= 0.3 is 5.97 Å². The quantitative estimate of drug-likeness (QED) is 0.755. The number of hydrogen-bond acceptors (Lipinski definition) is 6. The van der Waals surface area contributed by atoms with Crippen LogP contribution >= 0.6 is 0 Å². The first-order chi connectivity index (χ1) is 12.9. The first-order valence-corrected chi connectivity index (χ1v) is 9.94. The molecule has 1 aromatic heterocycles. The van der Waals surface area contributed by atoms with E-state index in [1.54, 1.807) is 13.0 Å². The third-order valence-corrected chi connectivity index (χ3v) is 6.03. The van der Waals surface area contributed by atoms with E-state index in [4.69, 9.17) is 9.15 Å². The van der Waals surface area contributed by atoms with E-state index in [9.17, 15) is 18.0 Å². The van der Waals surface area contributed by atoms with E-state index in [0.29, 0.717) is 24.5 Å². The van der Waals surface area contributed by atoms with Crippen LogP contribution < -0.4 is 5.32 Å². The van der Waals surface area contributed by atoms with Crippen molar-refractivity contribution in [2.24, 2.45) is 0 Å². The summed E-state index contributed by atoms with van der Waals surface area (Å²) in [6, 6.07) is 8.97. The van der Waals surface area contributed by atoms with E-state index >= 15 is 0 Å². The Kier molecular flexibility index (Phi) is 5.62. The van der Waals surface area contributed by atoms with Gasteiger partial charge in [-0.3, -0.25) is 4.79 Å². The smallest absolute Gasteiger partial charge is 0.374 e. The van der Waals surface area contributed by atoms with Crippen molar-refractivity contribution in [1.29, 1.82) is 0 Å². The molecule has 144 valence electrons. The van der Waals surface area contributed by atoms with Crippen LogP contribution in [-0.2, 0) is 19.6 Å². The highest BCUT2D eigenvalue weighted by atomic mass is 32.2. The Labute approximate surface area is 157 Å². The summed E-state index contributed by atoms with van der Waals surface area (Å²) in [5, 5.41) is 2.55. The molecule has 1 aromatic carbocycles. The molecule has 0 unspecified atom stereocenters. The molecule has 3 rings (SSSR count). The van der Waals surface area contributed by atoms with Crippen LogP contribution in [0.1, 0.15) is 29.2 Å². The zero-order valence-corrected chi connectivity index (χ0v) is 15.6. The minimum Gasteiger partial charge on any atom is -0.454 e. The van der Waals surface area contributed by atoms with Crippen LogP contribution in [0.2, 0.25) is 0 Å². The van der Waals surface area contributed by atoms with Crippen molar-refractivity contribution in [2.45, 2.75) is 24.7 Å². The van der Waals surface area contributed by atoms with Crippen molar-refractivity contribution in [3.05, 3.63) is 47.9 Å². The van der Waals surface area contributed by atoms with Crippen molar-refractivity contribution in [2.75, 3.05) is 25.0 Å². The molecule has 1 saturated heterocycles. The third-order valence-electron chi connectivity index (χ3n) is 4.12. The maximum Gasteiger partial charge on any atom is 0.374 e. The van der Waals surface area contributed by atoms with E-state index in [-0.39, 0.29) is 10.7 Å². The Morgan fingerprint density at radius 2 is 1.78 bits per heavy atom. The first-order valence-electron chi connectivity index (χ1n) is 8.50. The number of sulfonamides is 1. The van der Waals surface area contributed by atoms with Crippen LogP contribution in [0.4, 0.5) is 5.69 Å². The molecule has 0 aliphatic carbocycles. The number of benzene rings is 1. The topological polar surface area (TPSA) is 106 Å². The molecule has 0 atom stereocenters. The average Bonchev–Trinajstić information content (AvgIpc) is 3.32. The van der Waals surface area contributed by atoms with Gasteiger partial charge in [0.25, 0.3) is 5.91 Å². The lowest BCUT2D eigenvalue weighted by molar-refractivity contribution is -0.119. The number of anilines is 1. The number of esters is 1. The van der Waals surface area contributed by atoms with Crippen LogP contribution in [0.25, 0.3) is 0 Å². The fraction of sp³-hybridized carbons (Fsp3) is 0.333. The zero-order valence-electron chi connectivity index (χ0n) is 14.8. The van der Waals surface area contributed by atoms with Crippen LogP contribution in [0.3, 0.4) is 0 Å². The molecule has 0 radical (unpaired) electrons. The Balaban J connectivity index is 1.54. The molecule has 1 fully saturated rings. The lowest BCUT2D eigenvalue weighted by Crippen LogP contribution is -2.27. The van der Waals surface area contributed by atoms with Gasteiger partial charge in [-0.2, -0.15) is 4.31 Å². The van der Waals surface area contributed by atoms with E-state index in [1.807, 2.05) is 0 Å². The largest absolute Gasteiger partial charge is 0.454 e. The van der Waals surface area contributed by atoms with Gasteiger partial charge in [-0.25, -0.2) is 13.2 Å². The van der Waals surface area contributed by atoms with E-state index in [1.165, 1.54) is 34.6 Å². The number of amides is 1. The van der Waals surface area contributed by atoms with Crippen LogP contribution in [0.5, 0.6) is 0 Å². The predicted molar refractivity (Wildman–Crippen MR) is 96.8 cm³/mol. The highest BCUT2D eigenvalue weighted by molar-refractivity contribution is 7.89. The highest BCUT2D eigenvalue weighted by Crippen LogP contribution is 2.22. The fourth-order valence-electron chi connectivity index (χ4n) is 2.73. The van der Waals surface area contributed by atoms with Gasteiger partial charge < -0.3 is 14.5 Å². The molecule has 1 aliphatic rings. The van der Waals surface area contributed by atoms with E-state index in [2.05, 4.69) is 5.32 Å². The summed E-state index contributed by atoms with van der Waals surface area (Å²) in [7, 11) is -3.49. The Morgan fingerprint density at radius 1 is 1.11 bits per heavy atom. The van der Waals surface area contributed by atoms with Crippen molar-refractivity contribution in [1.82, 2.24) is 4.31 Å². The van der Waals surface area contributed by atoms with Crippen molar-refractivity contribution >= 4 is 27.6 Å². The van der Waals surface area contributed by atoms with Crippen molar-refractivity contribution in [3.8, 4) is 0 Å². The second-order valence-corrected chi connectivity index (χ2v) is 8.11. The highest BCUT2D eigenvalue weighted by Gasteiger charge is 2.26. The number of nitrogens with one attached hydrogen (secondary N) is 1. The number of nitrogens with zero attached hydrogens (tertiary/aromatic N) is 1. The normalized spacial score (nSPS) is 14.9. The molecular weight excluding hydrogens is 372 g/mol. The summed E-state index contributed by atoms with van der Waals surface area (Å²) in [5.41, 5.74) is 0.408. The van der Waals surface area contributed by atoms with Gasteiger partial charge in [0.1, 0.15) is 5.76 Å². The molecule has 1 amide bonds. The number of carbonyl (C=O) groups is 2. The molecule has 8 nitrogen and oxygen atoms in total. The predicted octanol–water partition coefficient (Wildman–Crippen LogP) is 2.17. The molecule has 0 saturated carbocycles. The molecule has 0 spiro atoms. The van der Waals surface area contributed by atoms with E-state index in [0.717, 1.165) is 12.8 Å². The molecule has 2 heterocycles. The minimum atomic E-state index is -3.49. The summed E-state index contributed by atoms with van der Waals surface area (Å²) in [5.74, 6) is -0.681. The second-order valence-electron chi connectivity index (χ2n) is 6.17. The molecule has 1 N–H and O–H groups in total. The molecular formula is C18H20N2O6S. The van der Waals surface area contributed by atoms with Crippen LogP contribution in [0, 0.1) is 6.92 Å². The molecule has 9 heteroatoms. The fourth-order valence-corrected chi connectivity index (χ4v) is 4.25. The Bertz CT molecular complexity index is 927. The van der Waals surface area contributed by atoms with Gasteiger partial charge in [0.2, 0.25) is 15.8 Å². The van der Waals surface area contributed by atoms with Gasteiger partial charge in [0, 0.05) is 18.8 Å². The number of furan rings is 1. The summed E-state index contributed by atoms with van der Waals surface area (Å²) >= 11 is 0. The second kappa shape index (κ2) is 7.93. The molecule has 0 bridgehead atoms. The Morgan fingerprint density at radius 3 is 2.37 bits per heavy atom. The van der Waals surface area contributed by atoms with Gasteiger partial charge in [0.15, 0.2) is 6.61 Å². The minimum absolute atomic E-state index is 0.0248. The van der Waals surface area contributed by atoms with Gasteiger partial charge in [0.05, 0.1) is 4.90 Å². The van der Waals surface area contributed by atoms with Gasteiger partial charge in [-0.15, -0.1) is 0 Å². The molecule has 27 heavy (non-hydrogen) atoms. The zero-order chi connectivity index (χ0) is 19.4. The molecule has 2 aromatic rings. The average molecular weight is 392 g/mol. The third kappa shape index (κ3) is 4.55. The monoisotopic (exact) mass is 392 g/mol. The summed E-state index contributed by atoms with van der Waals surface area (Å²) in [4.78, 5) is 23.8. The summed E-state index contributed by atoms with van der Waals surface area (Å²) < 4.78 is 36.4. The number of rotatable bonds is 6. The lowest BCUT2D eigenvalue weighted by atomic mass is 10.3. The number of ether oxygens (including phenoxy) is 1. The van der Waals surface area contributed by atoms with Crippen LogP contribution in [0.15, 0.2) is 45.7 Å².